The van der Waals surface area contributed by atoms with E-state index in [1.54, 1.807) is 18.3 Å². The van der Waals surface area contributed by atoms with Crippen molar-refractivity contribution in [3.8, 4) is 11.3 Å². The molecule has 0 saturated carbocycles. The van der Waals surface area contributed by atoms with Gasteiger partial charge in [0.25, 0.3) is 5.91 Å². The summed E-state index contributed by atoms with van der Waals surface area (Å²) < 4.78 is 41.8. The van der Waals surface area contributed by atoms with E-state index in [-0.39, 0.29) is 17.6 Å². The molecule has 0 fully saturated rings. The Morgan fingerprint density at radius 3 is 2.25 bits per heavy atom. The van der Waals surface area contributed by atoms with Gasteiger partial charge in [0.15, 0.2) is 0 Å². The fourth-order valence-electron chi connectivity index (χ4n) is 4.06. The van der Waals surface area contributed by atoms with E-state index >= 15 is 0 Å². The maximum atomic E-state index is 13.5. The number of hydrogen-bond donors (Lipinski definition) is 0. The summed E-state index contributed by atoms with van der Waals surface area (Å²) in [6, 6.07) is 18.6. The average Bonchev–Trinajstić information content (AvgIpc) is 3.29. The van der Waals surface area contributed by atoms with Crippen molar-refractivity contribution >= 4 is 29.0 Å². The molecule has 0 radical (unpaired) electrons. The van der Waals surface area contributed by atoms with Gasteiger partial charge in [-0.25, -0.2) is 4.68 Å². The summed E-state index contributed by atoms with van der Waals surface area (Å²) >= 11 is 1.34. The van der Waals surface area contributed by atoms with Crippen LogP contribution < -0.4 is 4.90 Å². The van der Waals surface area contributed by atoms with Gasteiger partial charge in [0.05, 0.1) is 23.1 Å². The molecule has 1 aliphatic heterocycles. The molecule has 0 bridgehead atoms. The molecule has 1 aliphatic rings. The minimum atomic E-state index is -4.52. The maximum Gasteiger partial charge on any atom is 0.416 e. The molecule has 0 aliphatic carbocycles. The number of benzene rings is 3. The van der Waals surface area contributed by atoms with Gasteiger partial charge in [-0.15, -0.1) is 5.10 Å². The molecule has 9 heteroatoms. The Morgan fingerprint density at radius 1 is 0.889 bits per heavy atom. The molecule has 36 heavy (non-hydrogen) atoms. The summed E-state index contributed by atoms with van der Waals surface area (Å²) in [7, 11) is 0. The number of aromatic nitrogens is 3. The van der Waals surface area contributed by atoms with E-state index in [0.29, 0.717) is 16.3 Å². The number of rotatable bonds is 3. The van der Waals surface area contributed by atoms with E-state index in [0.717, 1.165) is 22.6 Å². The zero-order valence-corrected chi connectivity index (χ0v) is 20.7. The van der Waals surface area contributed by atoms with Crippen LogP contribution in [0.25, 0.3) is 11.3 Å². The third kappa shape index (κ3) is 4.63. The monoisotopic (exact) mass is 508 g/mol. The Kier molecular flexibility index (Phi) is 5.90. The number of fused-ring (bicyclic) bond motifs is 2. The van der Waals surface area contributed by atoms with Crippen molar-refractivity contribution in [2.75, 3.05) is 4.90 Å². The average molecular weight is 509 g/mol. The number of alkyl halides is 3. The Balaban J connectivity index is 1.45. The molecule has 0 unspecified atom stereocenters. The highest BCUT2D eigenvalue weighted by Crippen LogP contribution is 2.49. The molecule has 184 valence electrons. The maximum absolute atomic E-state index is 13.5. The summed E-state index contributed by atoms with van der Waals surface area (Å²) in [5.41, 5.74) is 2.62. The predicted octanol–water partition coefficient (Wildman–Crippen LogP) is 7.09. The molecule has 1 aromatic heterocycles. The van der Waals surface area contributed by atoms with E-state index in [2.05, 4.69) is 31.1 Å². The van der Waals surface area contributed by atoms with E-state index < -0.39 is 17.6 Å². The lowest BCUT2D eigenvalue weighted by Crippen LogP contribution is -2.32. The topological polar surface area (TPSA) is 51.0 Å². The third-order valence-corrected chi connectivity index (χ3v) is 7.12. The van der Waals surface area contributed by atoms with Crippen LogP contribution in [0.5, 0.6) is 0 Å². The van der Waals surface area contributed by atoms with Gasteiger partial charge < -0.3 is 0 Å². The van der Waals surface area contributed by atoms with Crippen molar-refractivity contribution in [3.05, 3.63) is 84.1 Å². The smallest absolute Gasteiger partial charge is 0.277 e. The summed E-state index contributed by atoms with van der Waals surface area (Å²) in [6.07, 6.45) is -2.85. The van der Waals surface area contributed by atoms with E-state index in [1.807, 2.05) is 36.4 Å². The standard InChI is InChI=1S/C27H23F3N4OS/c1-26(2,3)18-10-8-17(9-11-18)20-15-33(32-31-20)16-25(35)34-21-6-4-5-7-23(21)36-24-13-12-19(14-22(24)34)27(28,29)30/h4-15H,16H2,1-3H3. The number of carbonyl (C=O) groups is 1. The molecule has 5 nitrogen and oxygen atoms in total. The van der Waals surface area contributed by atoms with Crippen molar-refractivity contribution in [2.24, 2.45) is 0 Å². The molecule has 2 heterocycles. The van der Waals surface area contributed by atoms with Crippen LogP contribution in [0.1, 0.15) is 31.9 Å². The van der Waals surface area contributed by atoms with E-state index in [9.17, 15) is 18.0 Å². The van der Waals surface area contributed by atoms with Crippen LogP contribution in [0.4, 0.5) is 24.5 Å². The number of halogens is 3. The molecule has 5 rings (SSSR count). The van der Waals surface area contributed by atoms with E-state index in [4.69, 9.17) is 0 Å². The Hall–Kier alpha value is -3.59. The van der Waals surface area contributed by atoms with Gasteiger partial charge in [-0.05, 0) is 41.3 Å². The number of carbonyl (C=O) groups excluding carboxylic acids is 1. The van der Waals surface area contributed by atoms with Crippen LogP contribution in [0.2, 0.25) is 0 Å². The highest BCUT2D eigenvalue weighted by molar-refractivity contribution is 7.99. The summed E-state index contributed by atoms with van der Waals surface area (Å²) in [5, 5.41) is 8.30. The van der Waals surface area contributed by atoms with Gasteiger partial charge in [0, 0.05) is 15.4 Å². The second-order valence-corrected chi connectivity index (χ2v) is 10.7. The highest BCUT2D eigenvalue weighted by atomic mass is 32.2. The van der Waals surface area contributed by atoms with Crippen LogP contribution in [0, 0.1) is 0 Å². The van der Waals surface area contributed by atoms with Gasteiger partial charge in [-0.2, -0.15) is 13.2 Å². The third-order valence-electron chi connectivity index (χ3n) is 5.99. The number of hydrogen-bond acceptors (Lipinski definition) is 4. The van der Waals surface area contributed by atoms with Gasteiger partial charge in [-0.1, -0.05) is 74.1 Å². The lowest BCUT2D eigenvalue weighted by Gasteiger charge is -2.31. The normalized spacial score (nSPS) is 13.3. The van der Waals surface area contributed by atoms with Crippen molar-refractivity contribution in [1.82, 2.24) is 15.0 Å². The summed E-state index contributed by atoms with van der Waals surface area (Å²) in [4.78, 5) is 16.2. The number of para-hydroxylation sites is 1. The number of amides is 1. The van der Waals surface area contributed by atoms with Gasteiger partial charge >= 0.3 is 6.18 Å². The van der Waals surface area contributed by atoms with Crippen molar-refractivity contribution in [2.45, 2.75) is 48.7 Å². The molecule has 0 spiro atoms. The first kappa shape index (κ1) is 24.1. The molecular formula is C27H23F3N4OS. The fraction of sp³-hybridized carbons (Fsp3) is 0.222. The van der Waals surface area contributed by atoms with Gasteiger partial charge in [0.1, 0.15) is 12.2 Å². The summed E-state index contributed by atoms with van der Waals surface area (Å²) in [6.45, 7) is 6.23. The van der Waals surface area contributed by atoms with Crippen molar-refractivity contribution < 1.29 is 18.0 Å². The van der Waals surface area contributed by atoms with Gasteiger partial charge in [-0.3, -0.25) is 9.69 Å². The molecule has 1 amide bonds. The Bertz CT molecular complexity index is 1440. The second-order valence-electron chi connectivity index (χ2n) is 9.61. The Labute approximate surface area is 210 Å². The largest absolute Gasteiger partial charge is 0.416 e. The quantitative estimate of drug-likeness (QED) is 0.296. The minimum Gasteiger partial charge on any atom is -0.277 e. The minimum absolute atomic E-state index is 0.0217. The second kappa shape index (κ2) is 8.81. The molecule has 3 aromatic carbocycles. The molecule has 0 saturated heterocycles. The first-order valence-corrected chi connectivity index (χ1v) is 12.1. The lowest BCUT2D eigenvalue weighted by atomic mass is 9.86. The van der Waals surface area contributed by atoms with Crippen molar-refractivity contribution in [1.29, 1.82) is 0 Å². The number of nitrogens with zero attached hydrogens (tertiary/aromatic N) is 4. The van der Waals surface area contributed by atoms with Gasteiger partial charge in [0.2, 0.25) is 0 Å². The van der Waals surface area contributed by atoms with Crippen LogP contribution >= 0.6 is 11.8 Å². The number of anilines is 2. The fourth-order valence-corrected chi connectivity index (χ4v) is 5.10. The van der Waals surface area contributed by atoms with E-state index in [1.165, 1.54) is 33.0 Å². The molecule has 0 N–H and O–H groups in total. The van der Waals surface area contributed by atoms with Crippen LogP contribution in [0.3, 0.4) is 0 Å². The molecular weight excluding hydrogens is 485 g/mol. The Morgan fingerprint density at radius 2 is 1.56 bits per heavy atom. The first-order chi connectivity index (χ1) is 17.0. The van der Waals surface area contributed by atoms with Crippen LogP contribution in [0.15, 0.2) is 82.7 Å². The van der Waals surface area contributed by atoms with Crippen LogP contribution in [-0.4, -0.2) is 20.9 Å². The highest BCUT2D eigenvalue weighted by Gasteiger charge is 2.35. The predicted molar refractivity (Wildman–Crippen MR) is 133 cm³/mol. The molecule has 4 aromatic rings. The molecule has 0 atom stereocenters. The lowest BCUT2D eigenvalue weighted by molar-refractivity contribution is -0.137. The van der Waals surface area contributed by atoms with Crippen LogP contribution in [-0.2, 0) is 22.9 Å². The zero-order valence-electron chi connectivity index (χ0n) is 19.9. The SMILES string of the molecule is CC(C)(C)c1ccc(-c2cn(CC(=O)N3c4ccccc4Sc4ccc(C(F)(F)F)cc43)nn2)cc1. The van der Waals surface area contributed by atoms with Crippen molar-refractivity contribution in [3.63, 3.8) is 0 Å². The first-order valence-electron chi connectivity index (χ1n) is 11.3. The summed E-state index contributed by atoms with van der Waals surface area (Å²) in [5.74, 6) is -0.414. The zero-order chi connectivity index (χ0) is 25.7.